The summed E-state index contributed by atoms with van der Waals surface area (Å²) >= 11 is 6.70. The second-order valence-corrected chi connectivity index (χ2v) is 7.11. The first-order valence-electron chi connectivity index (χ1n) is 6.65. The molecule has 0 amide bonds. The number of fused-ring (bicyclic) bond motifs is 2. The normalized spacial score (nSPS) is 14.9. The van der Waals surface area contributed by atoms with Crippen molar-refractivity contribution in [2.75, 3.05) is 5.33 Å². The summed E-state index contributed by atoms with van der Waals surface area (Å²) in [4.78, 5) is 11.9. The minimum atomic E-state index is -0.202. The molecule has 0 aliphatic carbocycles. The zero-order valence-electron chi connectivity index (χ0n) is 11.7. The number of rotatable bonds is 2. The van der Waals surface area contributed by atoms with Gasteiger partial charge in [0.15, 0.2) is 5.78 Å². The monoisotopic (exact) mass is 408 g/mol. The molecule has 0 saturated heterocycles. The molecule has 21 heavy (non-hydrogen) atoms. The third kappa shape index (κ3) is 2.44. The van der Waals surface area contributed by atoms with E-state index in [2.05, 4.69) is 51.8 Å². The molecule has 1 aliphatic rings. The number of ether oxygens (including phenoxy) is 1. The molecule has 2 aromatic carbocycles. The van der Waals surface area contributed by atoms with Crippen molar-refractivity contribution in [2.45, 2.75) is 19.3 Å². The van der Waals surface area contributed by atoms with Crippen LogP contribution in [0.4, 0.5) is 0 Å². The van der Waals surface area contributed by atoms with Crippen molar-refractivity contribution in [3.05, 3.63) is 57.6 Å². The van der Waals surface area contributed by atoms with Crippen LogP contribution in [0, 0.1) is 0 Å². The van der Waals surface area contributed by atoms with E-state index < -0.39 is 0 Å². The molecule has 0 radical (unpaired) electrons. The van der Waals surface area contributed by atoms with E-state index in [-0.39, 0.29) is 11.2 Å². The second kappa shape index (κ2) is 5.25. The van der Waals surface area contributed by atoms with Crippen molar-refractivity contribution >= 4 is 37.6 Å². The van der Waals surface area contributed by atoms with E-state index in [1.807, 2.05) is 30.3 Å². The predicted octanol–water partition coefficient (Wildman–Crippen LogP) is 5.46. The molecule has 0 bridgehead atoms. The SMILES string of the molecule is CC1(C)c2ccc(Br)cc2Oc2ccc(C(=O)CBr)cc21. The minimum absolute atomic E-state index is 0.0789. The van der Waals surface area contributed by atoms with Crippen molar-refractivity contribution in [3.8, 4) is 11.5 Å². The highest BCUT2D eigenvalue weighted by Crippen LogP contribution is 2.48. The lowest BCUT2D eigenvalue weighted by Gasteiger charge is -2.34. The molecule has 3 rings (SSSR count). The molecule has 1 heterocycles. The van der Waals surface area contributed by atoms with Crippen molar-refractivity contribution < 1.29 is 9.53 Å². The molecule has 0 N–H and O–H groups in total. The van der Waals surface area contributed by atoms with E-state index in [0.29, 0.717) is 10.9 Å². The Morgan fingerprint density at radius 2 is 1.86 bits per heavy atom. The highest BCUT2D eigenvalue weighted by molar-refractivity contribution is 9.10. The fourth-order valence-electron chi connectivity index (χ4n) is 2.72. The molecule has 0 aromatic heterocycles. The Labute approximate surface area is 140 Å². The van der Waals surface area contributed by atoms with Crippen LogP contribution in [-0.2, 0) is 5.41 Å². The van der Waals surface area contributed by atoms with Crippen LogP contribution in [0.2, 0.25) is 0 Å². The summed E-state index contributed by atoms with van der Waals surface area (Å²) in [6, 6.07) is 11.7. The Morgan fingerprint density at radius 3 is 2.57 bits per heavy atom. The molecule has 0 fully saturated rings. The van der Waals surface area contributed by atoms with Gasteiger partial charge in [0.25, 0.3) is 0 Å². The summed E-state index contributed by atoms with van der Waals surface area (Å²) in [5.74, 6) is 1.76. The zero-order chi connectivity index (χ0) is 15.2. The quantitative estimate of drug-likeness (QED) is 0.486. The van der Waals surface area contributed by atoms with Gasteiger partial charge in [0, 0.05) is 26.6 Å². The van der Waals surface area contributed by atoms with Crippen LogP contribution >= 0.6 is 31.9 Å². The Balaban J connectivity index is 2.17. The molecule has 0 unspecified atom stereocenters. The third-order valence-electron chi connectivity index (χ3n) is 3.93. The maximum atomic E-state index is 11.9. The number of carbonyl (C=O) groups excluding carboxylic acids is 1. The number of halogens is 2. The molecular weight excluding hydrogens is 396 g/mol. The average Bonchev–Trinajstić information content (AvgIpc) is 2.45. The Kier molecular flexibility index (Phi) is 3.70. The van der Waals surface area contributed by atoms with Crippen LogP contribution in [0.1, 0.15) is 35.3 Å². The Bertz CT molecular complexity index is 736. The smallest absolute Gasteiger partial charge is 0.173 e. The molecule has 4 heteroatoms. The summed E-state index contributed by atoms with van der Waals surface area (Å²) < 4.78 is 7.00. The van der Waals surface area contributed by atoms with Gasteiger partial charge in [-0.05, 0) is 30.3 Å². The van der Waals surface area contributed by atoms with Crippen LogP contribution in [0.25, 0.3) is 0 Å². The van der Waals surface area contributed by atoms with Crippen molar-refractivity contribution in [2.24, 2.45) is 0 Å². The maximum absolute atomic E-state index is 11.9. The highest BCUT2D eigenvalue weighted by Gasteiger charge is 2.34. The molecule has 0 atom stereocenters. The van der Waals surface area contributed by atoms with E-state index in [1.54, 1.807) is 0 Å². The van der Waals surface area contributed by atoms with Gasteiger partial charge in [-0.1, -0.05) is 51.8 Å². The molecule has 2 aromatic rings. The molecule has 1 aliphatic heterocycles. The van der Waals surface area contributed by atoms with Gasteiger partial charge < -0.3 is 4.74 Å². The van der Waals surface area contributed by atoms with E-state index >= 15 is 0 Å². The van der Waals surface area contributed by atoms with Gasteiger partial charge in [-0.15, -0.1) is 0 Å². The van der Waals surface area contributed by atoms with Crippen molar-refractivity contribution in [1.29, 1.82) is 0 Å². The lowest BCUT2D eigenvalue weighted by Crippen LogP contribution is -2.24. The summed E-state index contributed by atoms with van der Waals surface area (Å²) in [6.45, 7) is 4.31. The van der Waals surface area contributed by atoms with Crippen LogP contribution in [0.15, 0.2) is 40.9 Å². The van der Waals surface area contributed by atoms with Gasteiger partial charge in [-0.25, -0.2) is 0 Å². The van der Waals surface area contributed by atoms with Gasteiger partial charge in [0.05, 0.1) is 5.33 Å². The van der Waals surface area contributed by atoms with E-state index in [1.165, 1.54) is 0 Å². The third-order valence-corrected chi connectivity index (χ3v) is 4.94. The van der Waals surface area contributed by atoms with Gasteiger partial charge >= 0.3 is 0 Å². The van der Waals surface area contributed by atoms with Crippen LogP contribution in [-0.4, -0.2) is 11.1 Å². The van der Waals surface area contributed by atoms with Crippen molar-refractivity contribution in [1.82, 2.24) is 0 Å². The minimum Gasteiger partial charge on any atom is -0.457 e. The summed E-state index contributed by atoms with van der Waals surface area (Å²) in [5, 5.41) is 0.330. The summed E-state index contributed by atoms with van der Waals surface area (Å²) in [7, 11) is 0. The van der Waals surface area contributed by atoms with Gasteiger partial charge in [0.1, 0.15) is 11.5 Å². The molecule has 0 saturated carbocycles. The van der Waals surface area contributed by atoms with Gasteiger partial charge in [-0.3, -0.25) is 4.79 Å². The topological polar surface area (TPSA) is 26.3 Å². The van der Waals surface area contributed by atoms with Gasteiger partial charge in [0.2, 0.25) is 0 Å². The first-order valence-corrected chi connectivity index (χ1v) is 8.56. The van der Waals surface area contributed by atoms with E-state index in [9.17, 15) is 4.79 Å². The standard InChI is InChI=1S/C17H14Br2O2/c1-17(2)12-5-4-11(19)8-16(12)21-15-6-3-10(7-13(15)17)14(20)9-18/h3-8H,9H2,1-2H3. The number of hydrogen-bond acceptors (Lipinski definition) is 2. The zero-order valence-corrected chi connectivity index (χ0v) is 14.9. The Hall–Kier alpha value is -1.13. The maximum Gasteiger partial charge on any atom is 0.173 e. The molecule has 2 nitrogen and oxygen atoms in total. The molecular formula is C17H14Br2O2. The second-order valence-electron chi connectivity index (χ2n) is 5.64. The number of hydrogen-bond donors (Lipinski definition) is 0. The largest absolute Gasteiger partial charge is 0.457 e. The average molecular weight is 410 g/mol. The fourth-order valence-corrected chi connectivity index (χ4v) is 3.38. The number of carbonyl (C=O) groups is 1. The summed E-state index contributed by atoms with van der Waals surface area (Å²) in [6.07, 6.45) is 0. The predicted molar refractivity (Wildman–Crippen MR) is 90.9 cm³/mol. The van der Waals surface area contributed by atoms with E-state index in [4.69, 9.17) is 4.74 Å². The molecule has 108 valence electrons. The van der Waals surface area contributed by atoms with Crippen LogP contribution in [0.3, 0.4) is 0 Å². The van der Waals surface area contributed by atoms with E-state index in [0.717, 1.165) is 27.1 Å². The first-order chi connectivity index (χ1) is 9.93. The number of alkyl halides is 1. The lowest BCUT2D eigenvalue weighted by molar-refractivity contribution is 0.102. The summed E-state index contributed by atoms with van der Waals surface area (Å²) in [5.41, 5.74) is 2.68. The fraction of sp³-hybridized carbons (Fsp3) is 0.235. The molecule has 0 spiro atoms. The van der Waals surface area contributed by atoms with Crippen molar-refractivity contribution in [3.63, 3.8) is 0 Å². The van der Waals surface area contributed by atoms with Gasteiger partial charge in [-0.2, -0.15) is 0 Å². The highest BCUT2D eigenvalue weighted by atomic mass is 79.9. The lowest BCUT2D eigenvalue weighted by atomic mass is 9.75. The van der Waals surface area contributed by atoms with Crippen LogP contribution in [0.5, 0.6) is 11.5 Å². The number of Topliss-reactive ketones (excluding diaryl/α,β-unsaturated/α-hetero) is 1. The number of ketones is 1. The first kappa shape index (κ1) is 14.8. The Morgan fingerprint density at radius 1 is 1.10 bits per heavy atom. The number of benzene rings is 2. The van der Waals surface area contributed by atoms with Crippen LogP contribution < -0.4 is 4.74 Å².